The Morgan fingerprint density at radius 2 is 1.79 bits per heavy atom. The quantitative estimate of drug-likeness (QED) is 0.130. The maximum atomic E-state index is 13.9. The van der Waals surface area contributed by atoms with Crippen molar-refractivity contribution in [3.8, 4) is 11.9 Å². The van der Waals surface area contributed by atoms with E-state index in [1.165, 1.54) is 18.3 Å². The predicted octanol–water partition coefficient (Wildman–Crippen LogP) is 8.28. The molecule has 1 saturated heterocycles. The topological polar surface area (TPSA) is 124 Å². The van der Waals surface area contributed by atoms with Crippen LogP contribution in [-0.2, 0) is 0 Å². The van der Waals surface area contributed by atoms with E-state index in [0.717, 1.165) is 31.5 Å². The number of nitrogens with zero attached hydrogens (tertiary/aromatic N) is 4. The molecule has 0 spiro atoms. The Morgan fingerprint density at radius 3 is 2.42 bits per heavy atom. The van der Waals surface area contributed by atoms with E-state index in [9.17, 15) is 9.65 Å². The molecule has 1 fully saturated rings. The maximum Gasteiger partial charge on any atom is 0.213 e. The smallest absolute Gasteiger partial charge is 0.213 e. The summed E-state index contributed by atoms with van der Waals surface area (Å²) in [5, 5.41) is 21.1. The number of nitrogens with two attached hydrogens (primary N) is 1. The second kappa shape index (κ2) is 14.9. The highest BCUT2D eigenvalue weighted by molar-refractivity contribution is 6.36. The molecule has 4 aromatic rings. The number of likely N-dealkylation sites (tertiary alicyclic amines) is 1. The molecule has 0 amide bonds. The van der Waals surface area contributed by atoms with Crippen LogP contribution in [0.25, 0.3) is 10.9 Å². The van der Waals surface area contributed by atoms with E-state index in [0.29, 0.717) is 50.6 Å². The van der Waals surface area contributed by atoms with Gasteiger partial charge >= 0.3 is 0 Å². The third-order valence-corrected chi connectivity index (χ3v) is 8.83. The lowest BCUT2D eigenvalue weighted by Gasteiger charge is -2.41. The summed E-state index contributed by atoms with van der Waals surface area (Å²) in [5.74, 6) is -0.0315. The predicted molar refractivity (Wildman–Crippen MR) is 192 cm³/mol. The Kier molecular flexibility index (Phi) is 10.8. The van der Waals surface area contributed by atoms with Crippen molar-refractivity contribution in [2.24, 2.45) is 5.73 Å². The van der Waals surface area contributed by atoms with Crippen LogP contribution in [0.3, 0.4) is 0 Å². The average molecular weight is 692 g/mol. The number of anilines is 3. The number of nitrogens with one attached hydrogen (secondary N) is 3. The number of fused-ring (bicyclic) bond motifs is 1. The molecular weight excluding hydrogens is 650 g/mol. The maximum absolute atomic E-state index is 13.9. The third kappa shape index (κ3) is 8.40. The van der Waals surface area contributed by atoms with E-state index < -0.39 is 11.9 Å². The van der Waals surface area contributed by atoms with E-state index in [1.807, 2.05) is 38.2 Å². The van der Waals surface area contributed by atoms with Crippen LogP contribution in [0.5, 0.6) is 5.88 Å². The first-order valence-corrected chi connectivity index (χ1v) is 16.7. The highest BCUT2D eigenvalue weighted by Crippen LogP contribution is 2.37. The Hall–Kier alpha value is -4.30. The van der Waals surface area contributed by atoms with Crippen molar-refractivity contribution in [3.05, 3.63) is 93.7 Å². The highest BCUT2D eigenvalue weighted by Gasteiger charge is 2.27. The van der Waals surface area contributed by atoms with Gasteiger partial charge in [0.2, 0.25) is 5.88 Å². The molecule has 1 aliphatic heterocycles. The summed E-state index contributed by atoms with van der Waals surface area (Å²) in [6, 6.07) is 13.6. The number of hydrogen-bond acceptors (Lipinski definition) is 9. The molecule has 12 heteroatoms. The monoisotopic (exact) mass is 690 g/mol. The van der Waals surface area contributed by atoms with Crippen LogP contribution in [0.1, 0.15) is 64.6 Å². The van der Waals surface area contributed by atoms with Crippen molar-refractivity contribution in [3.63, 3.8) is 0 Å². The fourth-order valence-electron chi connectivity index (χ4n) is 5.69. The van der Waals surface area contributed by atoms with Gasteiger partial charge in [0.15, 0.2) is 0 Å². The van der Waals surface area contributed by atoms with Crippen LogP contribution in [0.15, 0.2) is 66.8 Å². The van der Waals surface area contributed by atoms with Crippen LogP contribution in [0.2, 0.25) is 10.0 Å². The van der Waals surface area contributed by atoms with Gasteiger partial charge in [-0.05, 0) is 89.4 Å². The minimum atomic E-state index is -0.545. The number of rotatable bonds is 10. The van der Waals surface area contributed by atoms with Crippen LogP contribution in [0.4, 0.5) is 21.5 Å². The number of aromatic nitrogens is 2. The first-order valence-electron chi connectivity index (χ1n) is 15.9. The number of hydrogen-bond donors (Lipinski definition) is 4. The molecule has 5 rings (SSSR count). The lowest BCUT2D eigenvalue weighted by molar-refractivity contribution is 0.0988. The van der Waals surface area contributed by atoms with Gasteiger partial charge in [0.05, 0.1) is 44.7 Å². The second-order valence-corrected chi connectivity index (χ2v) is 14.0. The Labute approximate surface area is 291 Å². The van der Waals surface area contributed by atoms with Crippen molar-refractivity contribution in [2.75, 3.05) is 23.7 Å². The molecule has 2 aromatic carbocycles. The molecule has 5 N–H and O–H groups in total. The van der Waals surface area contributed by atoms with Gasteiger partial charge in [0, 0.05) is 66.1 Å². The van der Waals surface area contributed by atoms with Crippen LogP contribution < -0.4 is 26.4 Å². The number of piperidine rings is 1. The fourth-order valence-corrected chi connectivity index (χ4v) is 6.14. The summed E-state index contributed by atoms with van der Waals surface area (Å²) in [5.41, 5.74) is 10.6. The highest BCUT2D eigenvalue weighted by atomic mass is 35.5. The van der Waals surface area contributed by atoms with E-state index in [-0.39, 0.29) is 22.2 Å². The lowest BCUT2D eigenvalue weighted by Crippen LogP contribution is -2.49. The van der Waals surface area contributed by atoms with Crippen molar-refractivity contribution in [1.29, 1.82) is 5.26 Å². The third-order valence-electron chi connectivity index (χ3n) is 8.26. The minimum absolute atomic E-state index is 0.0171. The van der Waals surface area contributed by atoms with Crippen molar-refractivity contribution < 1.29 is 9.13 Å². The molecule has 9 nitrogen and oxygen atoms in total. The minimum Gasteiger partial charge on any atom is -0.475 e. The zero-order valence-corrected chi connectivity index (χ0v) is 29.3. The molecule has 1 aliphatic rings. The zero-order chi connectivity index (χ0) is 34.6. The van der Waals surface area contributed by atoms with Crippen LogP contribution in [0, 0.1) is 17.1 Å². The Balaban J connectivity index is 1.48. The summed E-state index contributed by atoms with van der Waals surface area (Å²) in [6.45, 7) is 12.6. The molecule has 0 aliphatic carbocycles. The normalized spacial score (nSPS) is 15.3. The molecule has 0 radical (unpaired) electrons. The summed E-state index contributed by atoms with van der Waals surface area (Å²) < 4.78 is 19.7. The first-order chi connectivity index (χ1) is 22.8. The van der Waals surface area contributed by atoms with Crippen LogP contribution in [-0.4, -0.2) is 45.6 Å². The van der Waals surface area contributed by atoms with Gasteiger partial charge in [-0.15, -0.1) is 0 Å². The number of halogens is 3. The lowest BCUT2D eigenvalue weighted by atomic mass is 9.98. The van der Waals surface area contributed by atoms with Crippen LogP contribution >= 0.6 is 23.2 Å². The zero-order valence-electron chi connectivity index (χ0n) is 27.7. The largest absolute Gasteiger partial charge is 0.475 e. The number of benzene rings is 2. The molecule has 2 aromatic heterocycles. The van der Waals surface area contributed by atoms with E-state index in [4.69, 9.17) is 33.7 Å². The second-order valence-electron chi connectivity index (χ2n) is 13.2. The molecule has 0 saturated carbocycles. The van der Waals surface area contributed by atoms with Gasteiger partial charge in [-0.2, -0.15) is 5.26 Å². The van der Waals surface area contributed by atoms with Gasteiger partial charge in [-0.25, -0.2) is 9.37 Å². The van der Waals surface area contributed by atoms with E-state index >= 15 is 0 Å². The van der Waals surface area contributed by atoms with Gasteiger partial charge < -0.3 is 26.4 Å². The average Bonchev–Trinajstić information content (AvgIpc) is 3.04. The number of ether oxygens (including phenoxy) is 1. The molecule has 3 heterocycles. The Bertz CT molecular complexity index is 1830. The van der Waals surface area contributed by atoms with Gasteiger partial charge in [-0.3, -0.25) is 9.88 Å². The molecule has 1 atom stereocenters. The summed E-state index contributed by atoms with van der Waals surface area (Å²) in [7, 11) is 0. The molecule has 252 valence electrons. The van der Waals surface area contributed by atoms with Gasteiger partial charge in [0.1, 0.15) is 11.9 Å². The van der Waals surface area contributed by atoms with Crippen molar-refractivity contribution in [2.45, 2.75) is 71.2 Å². The fraction of sp³-hybridized carbons (Fsp3) is 0.361. The summed E-state index contributed by atoms with van der Waals surface area (Å²) >= 11 is 12.8. The van der Waals surface area contributed by atoms with Crippen molar-refractivity contribution in [1.82, 2.24) is 20.2 Å². The van der Waals surface area contributed by atoms with E-state index in [1.54, 1.807) is 18.3 Å². The SMILES string of the molecule is CC(C)Oc1ccc(C(Nc2cc(Cl)c3ncc(C#N)c(Nc4ccc(F)c(Cl)c4)c3c2)/C(N)=C/NC2CCN(C(C)(C)C)CC2)cn1. The Morgan fingerprint density at radius 1 is 1.06 bits per heavy atom. The standard InChI is InChI=1S/C36H41Cl2FN8O/c1-21(2)48-32-9-6-22(18-43-32)34(31(41)20-42-24-10-12-47(13-11-24)36(3,4)5)46-26-14-27-33(45-25-7-8-30(39)28(37)15-25)23(17-40)19-44-35(27)29(38)16-26/h6-9,14-16,18-21,24,34,42,46H,10-13,41H2,1-5H3,(H,44,45)/b31-20-. The van der Waals surface area contributed by atoms with E-state index in [2.05, 4.69) is 57.7 Å². The molecule has 1 unspecified atom stereocenters. The van der Waals surface area contributed by atoms with Crippen molar-refractivity contribution >= 4 is 51.2 Å². The number of pyridine rings is 2. The van der Waals surface area contributed by atoms with Gasteiger partial charge in [-0.1, -0.05) is 23.2 Å². The molecule has 0 bridgehead atoms. The molecule has 48 heavy (non-hydrogen) atoms. The molecular formula is C36H41Cl2FN8O. The van der Waals surface area contributed by atoms with Gasteiger partial charge in [0.25, 0.3) is 0 Å². The summed E-state index contributed by atoms with van der Waals surface area (Å²) in [4.78, 5) is 11.5. The number of nitriles is 1. The first kappa shape index (κ1) is 35.0. The summed E-state index contributed by atoms with van der Waals surface area (Å²) in [6.07, 6.45) is 7.05.